The molecular formula is C11H19N3S. The topological polar surface area (TPSA) is 29.9 Å². The first-order chi connectivity index (χ1) is 7.42. The standard InChI is InChI=1S/C11H19N3S/c1-15-7-6-14-9-13-8-11(14)10-2-4-12-5-3-10/h8-10,12H,2-7H2,1H3. The van der Waals surface area contributed by atoms with Gasteiger partial charge in [-0.1, -0.05) is 0 Å². The molecule has 1 aliphatic heterocycles. The van der Waals surface area contributed by atoms with Crippen molar-refractivity contribution in [1.29, 1.82) is 0 Å². The Hall–Kier alpha value is -0.480. The number of hydrogen-bond donors (Lipinski definition) is 1. The van der Waals surface area contributed by atoms with Crippen molar-refractivity contribution in [3.05, 3.63) is 18.2 Å². The normalized spacial score (nSPS) is 18.2. The second-order valence-electron chi connectivity index (χ2n) is 4.03. The number of imidazole rings is 1. The van der Waals surface area contributed by atoms with Crippen LogP contribution in [0.1, 0.15) is 24.5 Å². The van der Waals surface area contributed by atoms with Gasteiger partial charge in [-0.15, -0.1) is 0 Å². The van der Waals surface area contributed by atoms with E-state index in [9.17, 15) is 0 Å². The molecule has 1 aliphatic rings. The van der Waals surface area contributed by atoms with E-state index in [2.05, 4.69) is 27.3 Å². The van der Waals surface area contributed by atoms with E-state index < -0.39 is 0 Å². The molecule has 1 fully saturated rings. The third-order valence-electron chi connectivity index (χ3n) is 3.04. The maximum absolute atomic E-state index is 4.28. The quantitative estimate of drug-likeness (QED) is 0.846. The van der Waals surface area contributed by atoms with Crippen LogP contribution in [0.4, 0.5) is 0 Å². The van der Waals surface area contributed by atoms with Crippen LogP contribution >= 0.6 is 11.8 Å². The Morgan fingerprint density at radius 3 is 3.07 bits per heavy atom. The average Bonchev–Trinajstić information content (AvgIpc) is 2.75. The third-order valence-corrected chi connectivity index (χ3v) is 3.63. The Morgan fingerprint density at radius 2 is 2.33 bits per heavy atom. The molecule has 1 aromatic heterocycles. The lowest BCUT2D eigenvalue weighted by Gasteiger charge is -2.23. The minimum Gasteiger partial charge on any atom is -0.334 e. The molecule has 0 atom stereocenters. The van der Waals surface area contributed by atoms with Gasteiger partial charge >= 0.3 is 0 Å². The molecule has 3 nitrogen and oxygen atoms in total. The molecule has 1 aromatic rings. The van der Waals surface area contributed by atoms with Crippen LogP contribution in [-0.2, 0) is 6.54 Å². The van der Waals surface area contributed by atoms with Crippen molar-refractivity contribution in [2.24, 2.45) is 0 Å². The van der Waals surface area contributed by atoms with Crippen molar-refractivity contribution < 1.29 is 0 Å². The maximum Gasteiger partial charge on any atom is 0.0948 e. The van der Waals surface area contributed by atoms with E-state index in [4.69, 9.17) is 0 Å². The van der Waals surface area contributed by atoms with E-state index in [1.165, 1.54) is 24.3 Å². The summed E-state index contributed by atoms with van der Waals surface area (Å²) in [6.07, 6.45) is 8.70. The molecule has 0 spiro atoms. The second kappa shape index (κ2) is 5.56. The van der Waals surface area contributed by atoms with Gasteiger partial charge in [-0.3, -0.25) is 0 Å². The summed E-state index contributed by atoms with van der Waals surface area (Å²) in [5.74, 6) is 1.89. The van der Waals surface area contributed by atoms with Gasteiger partial charge in [-0.25, -0.2) is 4.98 Å². The predicted octanol–water partition coefficient (Wildman–Crippen LogP) is 1.71. The van der Waals surface area contributed by atoms with E-state index in [1.807, 2.05) is 18.1 Å². The lowest BCUT2D eigenvalue weighted by molar-refractivity contribution is 0.441. The second-order valence-corrected chi connectivity index (χ2v) is 5.01. The minimum absolute atomic E-state index is 0.718. The Labute approximate surface area is 95.7 Å². The highest BCUT2D eigenvalue weighted by atomic mass is 32.2. The van der Waals surface area contributed by atoms with E-state index in [-0.39, 0.29) is 0 Å². The van der Waals surface area contributed by atoms with Crippen LogP contribution in [0.2, 0.25) is 0 Å². The number of rotatable bonds is 4. The molecular weight excluding hydrogens is 206 g/mol. The molecule has 2 rings (SSSR count). The fourth-order valence-corrected chi connectivity index (χ4v) is 2.54. The van der Waals surface area contributed by atoms with Gasteiger partial charge in [0.2, 0.25) is 0 Å². The van der Waals surface area contributed by atoms with Crippen LogP contribution in [-0.4, -0.2) is 34.6 Å². The van der Waals surface area contributed by atoms with Crippen LogP contribution in [0.15, 0.2) is 12.5 Å². The summed E-state index contributed by atoms with van der Waals surface area (Å²) in [5.41, 5.74) is 1.44. The molecule has 1 saturated heterocycles. The highest BCUT2D eigenvalue weighted by molar-refractivity contribution is 7.98. The molecule has 0 radical (unpaired) electrons. The van der Waals surface area contributed by atoms with Gasteiger partial charge in [-0.05, 0) is 32.2 Å². The van der Waals surface area contributed by atoms with Gasteiger partial charge in [0.1, 0.15) is 0 Å². The van der Waals surface area contributed by atoms with Gasteiger partial charge in [0.25, 0.3) is 0 Å². The fourth-order valence-electron chi connectivity index (χ4n) is 2.17. The third kappa shape index (κ3) is 2.75. The highest BCUT2D eigenvalue weighted by Gasteiger charge is 2.18. The minimum atomic E-state index is 0.718. The molecule has 0 bridgehead atoms. The molecule has 0 aliphatic carbocycles. The molecule has 15 heavy (non-hydrogen) atoms. The van der Waals surface area contributed by atoms with Gasteiger partial charge in [0, 0.05) is 30.1 Å². The Bertz CT molecular complexity index is 292. The first kappa shape index (κ1) is 11.0. The number of aryl methyl sites for hydroxylation is 1. The Kier molecular flexibility index (Phi) is 4.09. The van der Waals surface area contributed by atoms with Gasteiger partial charge < -0.3 is 9.88 Å². The number of aromatic nitrogens is 2. The van der Waals surface area contributed by atoms with Crippen LogP contribution in [0.25, 0.3) is 0 Å². The first-order valence-corrected chi connectivity index (χ1v) is 7.01. The lowest BCUT2D eigenvalue weighted by Crippen LogP contribution is -2.27. The molecule has 0 unspecified atom stereocenters. The summed E-state index contributed by atoms with van der Waals surface area (Å²) in [6.45, 7) is 3.40. The number of nitrogens with zero attached hydrogens (tertiary/aromatic N) is 2. The van der Waals surface area contributed by atoms with Crippen LogP contribution < -0.4 is 5.32 Å². The Balaban J connectivity index is 2.02. The molecule has 0 amide bonds. The summed E-state index contributed by atoms with van der Waals surface area (Å²) in [6, 6.07) is 0. The molecule has 1 N–H and O–H groups in total. The number of thioether (sulfide) groups is 1. The van der Waals surface area contributed by atoms with Gasteiger partial charge in [0.15, 0.2) is 0 Å². The largest absolute Gasteiger partial charge is 0.334 e. The smallest absolute Gasteiger partial charge is 0.0948 e. The monoisotopic (exact) mass is 225 g/mol. The zero-order valence-corrected chi connectivity index (χ0v) is 10.1. The molecule has 4 heteroatoms. The summed E-state index contributed by atoms with van der Waals surface area (Å²) < 4.78 is 2.33. The van der Waals surface area contributed by atoms with E-state index in [0.717, 1.165) is 25.6 Å². The summed E-state index contributed by atoms with van der Waals surface area (Å²) >= 11 is 1.89. The summed E-state index contributed by atoms with van der Waals surface area (Å²) in [7, 11) is 0. The zero-order chi connectivity index (χ0) is 10.5. The van der Waals surface area contributed by atoms with Crippen molar-refractivity contribution >= 4 is 11.8 Å². The highest BCUT2D eigenvalue weighted by Crippen LogP contribution is 2.24. The maximum atomic E-state index is 4.28. The fraction of sp³-hybridized carbons (Fsp3) is 0.727. The molecule has 2 heterocycles. The zero-order valence-electron chi connectivity index (χ0n) is 9.28. The van der Waals surface area contributed by atoms with Crippen molar-refractivity contribution in [2.75, 3.05) is 25.1 Å². The van der Waals surface area contributed by atoms with Gasteiger partial charge in [0.05, 0.1) is 6.33 Å². The molecule has 0 saturated carbocycles. The van der Waals surface area contributed by atoms with E-state index >= 15 is 0 Å². The summed E-state index contributed by atoms with van der Waals surface area (Å²) in [4.78, 5) is 4.28. The van der Waals surface area contributed by atoms with Crippen LogP contribution in [0.3, 0.4) is 0 Å². The SMILES string of the molecule is CSCCn1cncc1C1CCNCC1. The Morgan fingerprint density at radius 1 is 1.53 bits per heavy atom. The summed E-state index contributed by atoms with van der Waals surface area (Å²) in [5, 5.41) is 3.41. The van der Waals surface area contributed by atoms with Crippen molar-refractivity contribution in [3.63, 3.8) is 0 Å². The van der Waals surface area contributed by atoms with Crippen LogP contribution in [0.5, 0.6) is 0 Å². The number of piperidine rings is 1. The van der Waals surface area contributed by atoms with Crippen molar-refractivity contribution in [1.82, 2.24) is 14.9 Å². The van der Waals surface area contributed by atoms with Gasteiger partial charge in [-0.2, -0.15) is 11.8 Å². The first-order valence-electron chi connectivity index (χ1n) is 5.61. The van der Waals surface area contributed by atoms with E-state index in [0.29, 0.717) is 0 Å². The molecule has 0 aromatic carbocycles. The van der Waals surface area contributed by atoms with Crippen molar-refractivity contribution in [2.45, 2.75) is 25.3 Å². The van der Waals surface area contributed by atoms with Crippen LogP contribution in [0, 0.1) is 0 Å². The lowest BCUT2D eigenvalue weighted by atomic mass is 9.95. The molecule has 84 valence electrons. The average molecular weight is 225 g/mol. The van der Waals surface area contributed by atoms with Crippen molar-refractivity contribution in [3.8, 4) is 0 Å². The number of nitrogens with one attached hydrogen (secondary N) is 1. The van der Waals surface area contributed by atoms with E-state index in [1.54, 1.807) is 0 Å². The number of hydrogen-bond acceptors (Lipinski definition) is 3. The predicted molar refractivity (Wildman–Crippen MR) is 65.5 cm³/mol.